The van der Waals surface area contributed by atoms with Crippen molar-refractivity contribution in [2.24, 2.45) is 5.92 Å². The number of alkyl halides is 3. The Bertz CT molecular complexity index is 1960. The van der Waals surface area contributed by atoms with Crippen LogP contribution in [-0.4, -0.2) is 48.3 Å². The molecule has 0 radical (unpaired) electrons. The molecule has 238 valence electrons. The van der Waals surface area contributed by atoms with Gasteiger partial charge in [-0.25, -0.2) is 4.52 Å². The summed E-state index contributed by atoms with van der Waals surface area (Å²) in [5.41, 5.74) is 2.42. The molecule has 1 atom stereocenters. The maximum atomic E-state index is 14.3. The van der Waals surface area contributed by atoms with Crippen LogP contribution in [0, 0.1) is 5.92 Å². The second-order valence-electron chi connectivity index (χ2n) is 11.3. The average Bonchev–Trinajstić information content (AvgIpc) is 3.61. The molecule has 1 aliphatic rings. The van der Waals surface area contributed by atoms with Gasteiger partial charge in [-0.1, -0.05) is 39.3 Å². The fourth-order valence-electron chi connectivity index (χ4n) is 5.86. The zero-order chi connectivity index (χ0) is 32.8. The summed E-state index contributed by atoms with van der Waals surface area (Å²) in [7, 11) is 1.78. The molecule has 1 aliphatic heterocycles. The number of aromatic amines is 1. The first-order valence-corrected chi connectivity index (χ1v) is 15.2. The van der Waals surface area contributed by atoms with Gasteiger partial charge in [-0.2, -0.15) is 23.4 Å². The number of carbonyl (C=O) groups is 1. The van der Waals surface area contributed by atoms with Crippen LogP contribution in [-0.2, 0) is 25.6 Å². The predicted octanol–water partition coefficient (Wildman–Crippen LogP) is 6.89. The molecule has 5 aromatic rings. The van der Waals surface area contributed by atoms with Crippen molar-refractivity contribution < 1.29 is 18.0 Å². The molecule has 0 spiro atoms. The van der Waals surface area contributed by atoms with Gasteiger partial charge in [-0.3, -0.25) is 19.3 Å². The first-order chi connectivity index (χ1) is 21.4. The van der Waals surface area contributed by atoms with Gasteiger partial charge in [0.1, 0.15) is 5.65 Å². The summed E-state index contributed by atoms with van der Waals surface area (Å²) >= 11 is 5.79. The molecular formula is C32H35ClF3N7O2. The van der Waals surface area contributed by atoms with Crippen molar-refractivity contribution in [2.75, 3.05) is 12.4 Å². The molecule has 45 heavy (non-hydrogen) atoms. The SMILES string of the molecule is CC.CNc1n[nH]c2cc(-n3c(=O)c4c(n5ncc(CC(C)C)c35)CN(C(=O)c3ccc(Cl)c(C(F)(F)F)c3)[C@H](C)C4)ccc12. The number of aromatic nitrogens is 5. The molecule has 1 amide bonds. The van der Waals surface area contributed by atoms with Crippen LogP contribution in [0.1, 0.15) is 67.4 Å². The predicted molar refractivity (Wildman–Crippen MR) is 169 cm³/mol. The zero-order valence-corrected chi connectivity index (χ0v) is 26.6. The lowest BCUT2D eigenvalue weighted by Crippen LogP contribution is -2.46. The highest BCUT2D eigenvalue weighted by Crippen LogP contribution is 2.36. The quantitative estimate of drug-likeness (QED) is 0.218. The highest BCUT2D eigenvalue weighted by atomic mass is 35.5. The largest absolute Gasteiger partial charge is 0.417 e. The monoisotopic (exact) mass is 641 g/mol. The lowest BCUT2D eigenvalue weighted by Gasteiger charge is -2.35. The van der Waals surface area contributed by atoms with Crippen molar-refractivity contribution >= 4 is 39.9 Å². The summed E-state index contributed by atoms with van der Waals surface area (Å²) in [5.74, 6) is 0.375. The Balaban J connectivity index is 0.00000196. The highest BCUT2D eigenvalue weighted by molar-refractivity contribution is 6.31. The van der Waals surface area contributed by atoms with E-state index in [9.17, 15) is 22.8 Å². The molecule has 2 N–H and O–H groups in total. The third-order valence-corrected chi connectivity index (χ3v) is 8.22. The summed E-state index contributed by atoms with van der Waals surface area (Å²) in [6.45, 7) is 9.92. The summed E-state index contributed by atoms with van der Waals surface area (Å²) in [6.07, 6.45) is -2.12. The Kier molecular flexibility index (Phi) is 8.72. The number of halogens is 4. The van der Waals surface area contributed by atoms with Crippen molar-refractivity contribution in [1.82, 2.24) is 29.3 Å². The Labute approximate surface area is 263 Å². The lowest BCUT2D eigenvalue weighted by molar-refractivity contribution is -0.137. The number of nitrogens with zero attached hydrogens (tertiary/aromatic N) is 5. The van der Waals surface area contributed by atoms with E-state index < -0.39 is 28.7 Å². The Morgan fingerprint density at radius 3 is 2.58 bits per heavy atom. The minimum atomic E-state index is -4.71. The van der Waals surface area contributed by atoms with Gasteiger partial charge >= 0.3 is 6.18 Å². The van der Waals surface area contributed by atoms with E-state index in [-0.39, 0.29) is 30.0 Å². The van der Waals surface area contributed by atoms with Crippen molar-refractivity contribution in [3.8, 4) is 5.69 Å². The first-order valence-electron chi connectivity index (χ1n) is 14.9. The molecule has 4 heterocycles. The number of amides is 1. The molecule has 3 aromatic heterocycles. The van der Waals surface area contributed by atoms with Crippen LogP contribution in [0.2, 0.25) is 5.02 Å². The highest BCUT2D eigenvalue weighted by Gasteiger charge is 2.36. The smallest absolute Gasteiger partial charge is 0.371 e. The molecule has 13 heteroatoms. The van der Waals surface area contributed by atoms with E-state index in [0.29, 0.717) is 34.8 Å². The molecule has 0 fully saturated rings. The van der Waals surface area contributed by atoms with Gasteiger partial charge in [0, 0.05) is 35.2 Å². The number of rotatable bonds is 5. The third-order valence-electron chi connectivity index (χ3n) is 7.89. The fourth-order valence-corrected chi connectivity index (χ4v) is 6.08. The van der Waals surface area contributed by atoms with Crippen LogP contribution in [0.25, 0.3) is 22.2 Å². The van der Waals surface area contributed by atoms with Gasteiger partial charge in [0.25, 0.3) is 11.5 Å². The third kappa shape index (κ3) is 5.67. The van der Waals surface area contributed by atoms with Gasteiger partial charge in [0.2, 0.25) is 0 Å². The molecule has 0 bridgehead atoms. The van der Waals surface area contributed by atoms with Crippen molar-refractivity contribution in [3.05, 3.63) is 85.9 Å². The number of benzene rings is 2. The van der Waals surface area contributed by atoms with E-state index in [4.69, 9.17) is 11.6 Å². The summed E-state index contributed by atoms with van der Waals surface area (Å²) < 4.78 is 44.0. The minimum Gasteiger partial charge on any atom is -0.371 e. The first kappa shape index (κ1) is 32.1. The molecule has 0 saturated heterocycles. The zero-order valence-electron chi connectivity index (χ0n) is 25.9. The number of hydrogen-bond donors (Lipinski definition) is 2. The van der Waals surface area contributed by atoms with Gasteiger partial charge < -0.3 is 10.2 Å². The van der Waals surface area contributed by atoms with Gasteiger partial charge in [0.15, 0.2) is 5.82 Å². The Morgan fingerprint density at radius 1 is 1.18 bits per heavy atom. The van der Waals surface area contributed by atoms with Crippen molar-refractivity contribution in [1.29, 1.82) is 0 Å². The minimum absolute atomic E-state index is 0.000196. The van der Waals surface area contributed by atoms with Crippen molar-refractivity contribution in [3.63, 3.8) is 0 Å². The number of H-pyrrole nitrogens is 1. The van der Waals surface area contributed by atoms with Gasteiger partial charge in [-0.05, 0) is 62.1 Å². The standard InChI is InChI=1S/C30H29ClF3N7O2.C2H6/c1-15(2)9-18-13-36-41-25-14-39(28(42)17-5-8-23(31)22(11-17)30(32,33)34)16(3)10-21(25)29(43)40(27(18)41)19-6-7-20-24(12-19)37-38-26(20)35-4;1-2/h5-8,11-13,15-16H,9-10,14H2,1-4H3,(H2,35,37,38);1-2H3/t16-;/m1./s1. The number of nitrogens with one attached hydrogen (secondary N) is 2. The maximum absolute atomic E-state index is 14.3. The van der Waals surface area contributed by atoms with E-state index in [1.165, 1.54) is 11.0 Å². The van der Waals surface area contributed by atoms with Crippen LogP contribution in [0.4, 0.5) is 19.0 Å². The second kappa shape index (κ2) is 12.2. The number of anilines is 1. The van der Waals surface area contributed by atoms with Gasteiger partial charge in [-0.15, -0.1) is 0 Å². The second-order valence-corrected chi connectivity index (χ2v) is 11.7. The fraction of sp³-hybridized carbons (Fsp3) is 0.375. The Hall–Kier alpha value is -4.32. The van der Waals surface area contributed by atoms with E-state index in [1.54, 1.807) is 29.3 Å². The summed E-state index contributed by atoms with van der Waals surface area (Å²) in [5, 5.41) is 15.4. The number of fused-ring (bicyclic) bond motifs is 4. The van der Waals surface area contributed by atoms with Crippen LogP contribution in [0.5, 0.6) is 0 Å². The van der Waals surface area contributed by atoms with E-state index in [1.807, 2.05) is 32.0 Å². The van der Waals surface area contributed by atoms with Gasteiger partial charge in [0.05, 0.1) is 40.2 Å². The van der Waals surface area contributed by atoms with Crippen LogP contribution < -0.4 is 10.9 Å². The molecule has 6 rings (SSSR count). The van der Waals surface area contributed by atoms with Crippen LogP contribution >= 0.6 is 11.6 Å². The van der Waals surface area contributed by atoms with E-state index in [2.05, 4.69) is 34.5 Å². The molecule has 9 nitrogen and oxygen atoms in total. The van der Waals surface area contributed by atoms with E-state index >= 15 is 0 Å². The number of hydrogen-bond acceptors (Lipinski definition) is 5. The molecule has 0 unspecified atom stereocenters. The molecule has 0 saturated carbocycles. The Morgan fingerprint density at radius 2 is 1.91 bits per heavy atom. The molecular weight excluding hydrogens is 607 g/mol. The lowest BCUT2D eigenvalue weighted by atomic mass is 9.97. The topological polar surface area (TPSA) is 100 Å². The van der Waals surface area contributed by atoms with Crippen LogP contribution in [0.15, 0.2) is 47.4 Å². The molecule has 2 aromatic carbocycles. The van der Waals surface area contributed by atoms with E-state index in [0.717, 1.165) is 28.6 Å². The summed E-state index contributed by atoms with van der Waals surface area (Å²) in [4.78, 5) is 29.4. The maximum Gasteiger partial charge on any atom is 0.417 e. The molecule has 0 aliphatic carbocycles. The average molecular weight is 642 g/mol. The summed E-state index contributed by atoms with van der Waals surface area (Å²) in [6, 6.07) is 8.30. The number of carbonyl (C=O) groups excluding carboxylic acids is 1. The normalized spacial score (nSPS) is 14.9. The van der Waals surface area contributed by atoms with Crippen LogP contribution in [0.3, 0.4) is 0 Å². The van der Waals surface area contributed by atoms with Crippen molar-refractivity contribution in [2.45, 2.75) is 66.2 Å².